The topological polar surface area (TPSA) is 93.9 Å². The van der Waals surface area contributed by atoms with Gasteiger partial charge in [0.2, 0.25) is 5.91 Å². The summed E-state index contributed by atoms with van der Waals surface area (Å²) in [5, 5.41) is 13.5. The van der Waals surface area contributed by atoms with Gasteiger partial charge < -0.3 is 9.88 Å². The number of thiophene rings is 1. The van der Waals surface area contributed by atoms with Crippen molar-refractivity contribution >= 4 is 38.8 Å². The van der Waals surface area contributed by atoms with Crippen LogP contribution in [0.25, 0.3) is 0 Å². The molecule has 0 spiro atoms. The van der Waals surface area contributed by atoms with Gasteiger partial charge in [0.05, 0.1) is 16.8 Å². The van der Waals surface area contributed by atoms with Gasteiger partial charge in [0, 0.05) is 24.4 Å². The maximum absolute atomic E-state index is 12.3. The highest BCUT2D eigenvalue weighted by Crippen LogP contribution is 2.23. The minimum atomic E-state index is -3.00. The molecule has 1 saturated heterocycles. The third kappa shape index (κ3) is 4.62. The number of hydrogen-bond donors (Lipinski definition) is 1. The lowest BCUT2D eigenvalue weighted by Gasteiger charge is -2.15. The molecule has 1 aliphatic heterocycles. The predicted molar refractivity (Wildman–Crippen MR) is 98.6 cm³/mol. The summed E-state index contributed by atoms with van der Waals surface area (Å²) in [6.45, 7) is 1.79. The first-order chi connectivity index (χ1) is 11.8. The van der Waals surface area contributed by atoms with Gasteiger partial charge >= 0.3 is 0 Å². The number of nitrogens with zero attached hydrogens (tertiary/aromatic N) is 3. The van der Waals surface area contributed by atoms with Crippen LogP contribution < -0.4 is 5.32 Å². The number of aromatic nitrogens is 3. The van der Waals surface area contributed by atoms with Crippen molar-refractivity contribution < 1.29 is 13.2 Å². The first kappa shape index (κ1) is 18.4. The van der Waals surface area contributed by atoms with E-state index >= 15 is 0 Å². The van der Waals surface area contributed by atoms with Crippen molar-refractivity contribution in [2.45, 2.75) is 36.2 Å². The Bertz CT molecular complexity index is 846. The van der Waals surface area contributed by atoms with Gasteiger partial charge in [-0.05, 0) is 24.8 Å². The summed E-state index contributed by atoms with van der Waals surface area (Å²) in [4.78, 5) is 13.5. The molecular weight excluding hydrogens is 380 g/mol. The summed E-state index contributed by atoms with van der Waals surface area (Å²) < 4.78 is 24.9. The number of nitrogens with one attached hydrogen (secondary N) is 1. The quantitative estimate of drug-likeness (QED) is 0.734. The molecule has 0 bridgehead atoms. The van der Waals surface area contributed by atoms with E-state index in [-0.39, 0.29) is 28.7 Å². The molecule has 0 aromatic carbocycles. The molecule has 0 unspecified atom stereocenters. The molecule has 2 aromatic heterocycles. The smallest absolute Gasteiger partial charge is 0.233 e. The number of sulfone groups is 1. The van der Waals surface area contributed by atoms with E-state index in [1.807, 2.05) is 23.1 Å². The Morgan fingerprint density at radius 3 is 2.96 bits per heavy atom. The second-order valence-electron chi connectivity index (χ2n) is 6.08. The van der Waals surface area contributed by atoms with Crippen molar-refractivity contribution in [1.82, 2.24) is 20.1 Å². The third-order valence-corrected chi connectivity index (χ3v) is 7.85. The van der Waals surface area contributed by atoms with E-state index in [2.05, 4.69) is 21.6 Å². The van der Waals surface area contributed by atoms with Gasteiger partial charge in [-0.2, -0.15) is 0 Å². The molecule has 1 N–H and O–H groups in total. The van der Waals surface area contributed by atoms with Crippen molar-refractivity contribution in [1.29, 1.82) is 0 Å². The van der Waals surface area contributed by atoms with Crippen LogP contribution in [0.1, 0.15) is 24.0 Å². The van der Waals surface area contributed by atoms with E-state index in [1.165, 1.54) is 16.6 Å². The van der Waals surface area contributed by atoms with E-state index in [1.54, 1.807) is 18.3 Å². The number of amides is 1. The normalized spacial score (nSPS) is 20.5. The molecule has 0 radical (unpaired) electrons. The second kappa shape index (κ2) is 7.46. The van der Waals surface area contributed by atoms with Gasteiger partial charge in [-0.1, -0.05) is 17.8 Å². The van der Waals surface area contributed by atoms with Crippen molar-refractivity contribution in [3.05, 3.63) is 28.2 Å². The molecule has 3 heterocycles. The summed E-state index contributed by atoms with van der Waals surface area (Å²) in [6, 6.07) is 3.77. The molecule has 1 fully saturated rings. The van der Waals surface area contributed by atoms with Crippen molar-refractivity contribution in [2.24, 2.45) is 7.05 Å². The molecule has 1 aliphatic rings. The van der Waals surface area contributed by atoms with Crippen LogP contribution in [0.3, 0.4) is 0 Å². The first-order valence-corrected chi connectivity index (χ1v) is 11.5. The zero-order valence-corrected chi connectivity index (χ0v) is 16.5. The molecule has 7 nitrogen and oxygen atoms in total. The lowest BCUT2D eigenvalue weighted by atomic mass is 10.2. The van der Waals surface area contributed by atoms with E-state index < -0.39 is 9.84 Å². The van der Waals surface area contributed by atoms with E-state index in [0.29, 0.717) is 18.0 Å². The second-order valence-corrected chi connectivity index (χ2v) is 10.7. The van der Waals surface area contributed by atoms with Gasteiger partial charge in [-0.25, -0.2) is 8.42 Å². The third-order valence-electron chi connectivity index (χ3n) is 4.07. The van der Waals surface area contributed by atoms with Crippen LogP contribution in [0.5, 0.6) is 0 Å². The molecule has 1 amide bonds. The first-order valence-electron chi connectivity index (χ1n) is 7.92. The van der Waals surface area contributed by atoms with E-state index in [0.717, 1.165) is 5.82 Å². The molecule has 3 rings (SSSR count). The zero-order chi connectivity index (χ0) is 18.0. The van der Waals surface area contributed by atoms with Crippen LogP contribution >= 0.6 is 23.1 Å². The number of rotatable bonds is 6. The lowest BCUT2D eigenvalue weighted by molar-refractivity contribution is -0.120. The van der Waals surface area contributed by atoms with Crippen LogP contribution in [-0.4, -0.2) is 51.9 Å². The van der Waals surface area contributed by atoms with Gasteiger partial charge in [0.15, 0.2) is 15.0 Å². The van der Waals surface area contributed by atoms with Crippen LogP contribution in [0, 0.1) is 0 Å². The van der Waals surface area contributed by atoms with Crippen LogP contribution in [0.4, 0.5) is 0 Å². The van der Waals surface area contributed by atoms with E-state index in [4.69, 9.17) is 0 Å². The number of hydrogen-bond acceptors (Lipinski definition) is 7. The van der Waals surface area contributed by atoms with Crippen molar-refractivity contribution in [3.8, 4) is 0 Å². The Hall–Kier alpha value is -1.39. The minimum absolute atomic E-state index is 0.0328. The highest BCUT2D eigenvalue weighted by Gasteiger charge is 2.30. The summed E-state index contributed by atoms with van der Waals surface area (Å²) in [5.74, 6) is 0.856. The fraction of sp³-hybridized carbons (Fsp3) is 0.533. The standard InChI is InChI=1S/C15H20N4O3S3/c1-10(14(20)16-11-5-7-25(21,22)9-11)24-15-18-17-13(19(15)2)8-12-4-3-6-23-12/h3-4,6,10-11H,5,7-9H2,1-2H3,(H,16,20)/t10-,11-/m1/s1. The number of carbonyl (C=O) groups excluding carboxylic acids is 1. The molecule has 0 saturated carbocycles. The number of carbonyl (C=O) groups is 1. The largest absolute Gasteiger partial charge is 0.351 e. The Morgan fingerprint density at radius 1 is 1.52 bits per heavy atom. The SMILES string of the molecule is C[C@@H](Sc1nnc(Cc2cccs2)n1C)C(=O)N[C@@H]1CCS(=O)(=O)C1. The molecule has 10 heteroatoms. The zero-order valence-electron chi connectivity index (χ0n) is 14.0. The average Bonchev–Trinajstić information content (AvgIpc) is 3.25. The monoisotopic (exact) mass is 400 g/mol. The Kier molecular flexibility index (Phi) is 5.49. The van der Waals surface area contributed by atoms with Gasteiger partial charge in [-0.15, -0.1) is 21.5 Å². The molecule has 136 valence electrons. The predicted octanol–water partition coefficient (Wildman–Crippen LogP) is 1.25. The van der Waals surface area contributed by atoms with Gasteiger partial charge in [-0.3, -0.25) is 4.79 Å². The molecule has 25 heavy (non-hydrogen) atoms. The Morgan fingerprint density at radius 2 is 2.32 bits per heavy atom. The molecule has 0 aliphatic carbocycles. The maximum Gasteiger partial charge on any atom is 0.233 e. The summed E-state index contributed by atoms with van der Waals surface area (Å²) in [7, 11) is -1.11. The summed E-state index contributed by atoms with van der Waals surface area (Å²) >= 11 is 3.00. The van der Waals surface area contributed by atoms with E-state index in [9.17, 15) is 13.2 Å². The van der Waals surface area contributed by atoms with Crippen molar-refractivity contribution in [3.63, 3.8) is 0 Å². The maximum atomic E-state index is 12.3. The molecular formula is C15H20N4O3S3. The Balaban J connectivity index is 1.58. The fourth-order valence-electron chi connectivity index (χ4n) is 2.61. The highest BCUT2D eigenvalue weighted by molar-refractivity contribution is 8.00. The lowest BCUT2D eigenvalue weighted by Crippen LogP contribution is -2.40. The van der Waals surface area contributed by atoms with Gasteiger partial charge in [0.1, 0.15) is 5.82 Å². The fourth-order valence-corrected chi connectivity index (χ4v) is 5.83. The highest BCUT2D eigenvalue weighted by atomic mass is 32.2. The minimum Gasteiger partial charge on any atom is -0.351 e. The van der Waals surface area contributed by atoms with Gasteiger partial charge in [0.25, 0.3) is 0 Å². The van der Waals surface area contributed by atoms with Crippen LogP contribution in [0.2, 0.25) is 0 Å². The Labute approximate surface area is 155 Å². The summed E-state index contributed by atoms with van der Waals surface area (Å²) in [6.07, 6.45) is 1.20. The summed E-state index contributed by atoms with van der Waals surface area (Å²) in [5.41, 5.74) is 0. The average molecular weight is 401 g/mol. The van der Waals surface area contributed by atoms with Crippen LogP contribution in [-0.2, 0) is 28.1 Å². The molecule has 2 atom stereocenters. The van der Waals surface area contributed by atoms with Crippen LogP contribution in [0.15, 0.2) is 22.7 Å². The van der Waals surface area contributed by atoms with Crippen molar-refractivity contribution in [2.75, 3.05) is 11.5 Å². The number of thioether (sulfide) groups is 1. The molecule has 2 aromatic rings.